The molecule has 0 N–H and O–H groups in total. The van der Waals surface area contributed by atoms with Crippen molar-refractivity contribution in [3.8, 4) is 0 Å². The molecule has 124 valence electrons. The van der Waals surface area contributed by atoms with Gasteiger partial charge in [-0.25, -0.2) is 12.8 Å². The normalized spacial score (nSPS) is 18.5. The molecule has 0 fully saturated rings. The quantitative estimate of drug-likeness (QED) is 0.778. The maximum atomic E-state index is 13.1. The summed E-state index contributed by atoms with van der Waals surface area (Å²) in [6.07, 6.45) is 1.50. The van der Waals surface area contributed by atoms with Gasteiger partial charge in [-0.2, -0.15) is 0 Å². The SMILES string of the molecule is O=C(c1ccc(F)cc1)N(c1ccc(Br)cc1)[C@@H]1C=CS(=O)(=O)C1. The fourth-order valence-electron chi connectivity index (χ4n) is 2.51. The Kier molecular flexibility index (Phi) is 4.56. The van der Waals surface area contributed by atoms with E-state index in [1.807, 2.05) is 0 Å². The van der Waals surface area contributed by atoms with E-state index < -0.39 is 21.7 Å². The van der Waals surface area contributed by atoms with Crippen LogP contribution in [0.3, 0.4) is 0 Å². The lowest BCUT2D eigenvalue weighted by molar-refractivity contribution is 0.0983. The van der Waals surface area contributed by atoms with Crippen molar-refractivity contribution in [3.05, 3.63) is 75.9 Å². The molecule has 1 aliphatic rings. The van der Waals surface area contributed by atoms with Gasteiger partial charge in [0.05, 0.1) is 11.8 Å². The predicted octanol–water partition coefficient (Wildman–Crippen LogP) is 3.55. The van der Waals surface area contributed by atoms with Crippen LogP contribution < -0.4 is 4.90 Å². The Labute approximate surface area is 147 Å². The van der Waals surface area contributed by atoms with Gasteiger partial charge in [-0.1, -0.05) is 15.9 Å². The number of halogens is 2. The van der Waals surface area contributed by atoms with Crippen molar-refractivity contribution in [2.45, 2.75) is 6.04 Å². The molecule has 4 nitrogen and oxygen atoms in total. The third-order valence-corrected chi connectivity index (χ3v) is 5.56. The molecule has 0 aliphatic carbocycles. The Morgan fingerprint density at radius 2 is 1.71 bits per heavy atom. The number of hydrogen-bond acceptors (Lipinski definition) is 3. The Morgan fingerprint density at radius 1 is 1.08 bits per heavy atom. The van der Waals surface area contributed by atoms with Crippen LogP contribution in [0.2, 0.25) is 0 Å². The first kappa shape index (κ1) is 16.9. The van der Waals surface area contributed by atoms with Gasteiger partial charge in [-0.3, -0.25) is 4.79 Å². The van der Waals surface area contributed by atoms with Crippen molar-refractivity contribution in [1.82, 2.24) is 0 Å². The van der Waals surface area contributed by atoms with Gasteiger partial charge in [0.2, 0.25) is 0 Å². The van der Waals surface area contributed by atoms with E-state index in [1.165, 1.54) is 35.2 Å². The topological polar surface area (TPSA) is 54.5 Å². The second-order valence-corrected chi connectivity index (χ2v) is 8.23. The lowest BCUT2D eigenvalue weighted by atomic mass is 10.1. The van der Waals surface area contributed by atoms with E-state index in [0.717, 1.165) is 9.88 Å². The highest BCUT2D eigenvalue weighted by Gasteiger charge is 2.32. The summed E-state index contributed by atoms with van der Waals surface area (Å²) >= 11 is 3.33. The van der Waals surface area contributed by atoms with Crippen molar-refractivity contribution in [1.29, 1.82) is 0 Å². The Morgan fingerprint density at radius 3 is 2.25 bits per heavy atom. The summed E-state index contributed by atoms with van der Waals surface area (Å²) in [6.45, 7) is 0. The van der Waals surface area contributed by atoms with E-state index >= 15 is 0 Å². The first-order valence-electron chi connectivity index (χ1n) is 7.11. The first-order valence-corrected chi connectivity index (χ1v) is 9.62. The molecule has 0 radical (unpaired) electrons. The molecular formula is C17H13BrFNO3S. The molecule has 24 heavy (non-hydrogen) atoms. The average molecular weight is 410 g/mol. The van der Waals surface area contributed by atoms with E-state index in [1.54, 1.807) is 24.3 Å². The van der Waals surface area contributed by atoms with Gasteiger partial charge in [0.1, 0.15) is 5.82 Å². The fraction of sp³-hybridized carbons (Fsp3) is 0.118. The molecule has 3 rings (SSSR count). The van der Waals surface area contributed by atoms with Crippen molar-refractivity contribution < 1.29 is 17.6 Å². The van der Waals surface area contributed by atoms with Crippen LogP contribution in [0, 0.1) is 5.82 Å². The molecule has 0 unspecified atom stereocenters. The molecule has 1 atom stereocenters. The molecule has 2 aromatic carbocycles. The van der Waals surface area contributed by atoms with E-state index in [2.05, 4.69) is 15.9 Å². The zero-order chi connectivity index (χ0) is 17.3. The molecule has 1 heterocycles. The Hall–Kier alpha value is -1.99. The molecule has 1 amide bonds. The highest BCUT2D eigenvalue weighted by molar-refractivity contribution is 9.10. The molecule has 7 heteroatoms. The van der Waals surface area contributed by atoms with Gasteiger partial charge < -0.3 is 4.90 Å². The summed E-state index contributed by atoms with van der Waals surface area (Å²) in [5, 5.41) is 1.13. The molecular weight excluding hydrogens is 397 g/mol. The minimum Gasteiger partial charge on any atom is -0.300 e. The molecule has 0 bridgehead atoms. The van der Waals surface area contributed by atoms with Gasteiger partial charge in [-0.05, 0) is 54.6 Å². The summed E-state index contributed by atoms with van der Waals surface area (Å²) in [6, 6.07) is 11.6. The van der Waals surface area contributed by atoms with Crippen LogP contribution in [-0.2, 0) is 9.84 Å². The zero-order valence-electron chi connectivity index (χ0n) is 12.4. The van der Waals surface area contributed by atoms with Crippen molar-refractivity contribution >= 4 is 37.4 Å². The second-order valence-electron chi connectivity index (χ2n) is 5.38. The largest absolute Gasteiger partial charge is 0.300 e. The molecule has 1 aliphatic heterocycles. The van der Waals surface area contributed by atoms with Crippen LogP contribution in [0.5, 0.6) is 0 Å². The number of sulfone groups is 1. The number of hydrogen-bond donors (Lipinski definition) is 0. The monoisotopic (exact) mass is 409 g/mol. The van der Waals surface area contributed by atoms with Gasteiger partial charge in [-0.15, -0.1) is 0 Å². The average Bonchev–Trinajstić information content (AvgIpc) is 2.90. The standard InChI is InChI=1S/C17H13BrFNO3S/c18-13-3-7-15(8-4-13)20(16-9-10-24(22,23)11-16)17(21)12-1-5-14(19)6-2-12/h1-10,16H,11H2/t16-/m1/s1. The molecule has 0 saturated heterocycles. The summed E-state index contributed by atoms with van der Waals surface area (Å²) in [5.74, 6) is -0.995. The number of nitrogens with zero attached hydrogens (tertiary/aromatic N) is 1. The van der Waals surface area contributed by atoms with E-state index in [-0.39, 0.29) is 17.2 Å². The van der Waals surface area contributed by atoms with Crippen LogP contribution in [0.1, 0.15) is 10.4 Å². The minimum atomic E-state index is -3.32. The lowest BCUT2D eigenvalue weighted by Gasteiger charge is -2.28. The van der Waals surface area contributed by atoms with Gasteiger partial charge >= 0.3 is 0 Å². The molecule has 0 saturated carbocycles. The number of carbonyl (C=O) groups is 1. The highest BCUT2D eigenvalue weighted by atomic mass is 79.9. The molecule has 0 aromatic heterocycles. The lowest BCUT2D eigenvalue weighted by Crippen LogP contribution is -2.41. The number of benzene rings is 2. The zero-order valence-corrected chi connectivity index (χ0v) is 14.8. The Bertz CT molecular complexity index is 892. The summed E-state index contributed by atoms with van der Waals surface area (Å²) in [7, 11) is -3.32. The van der Waals surface area contributed by atoms with E-state index in [9.17, 15) is 17.6 Å². The van der Waals surface area contributed by atoms with Crippen molar-refractivity contribution in [2.24, 2.45) is 0 Å². The second kappa shape index (κ2) is 6.49. The van der Waals surface area contributed by atoms with Crippen LogP contribution in [-0.4, -0.2) is 26.1 Å². The van der Waals surface area contributed by atoms with Gasteiger partial charge in [0.15, 0.2) is 9.84 Å². The predicted molar refractivity (Wildman–Crippen MR) is 94.1 cm³/mol. The van der Waals surface area contributed by atoms with Gasteiger partial charge in [0.25, 0.3) is 5.91 Å². The van der Waals surface area contributed by atoms with Crippen LogP contribution in [0.25, 0.3) is 0 Å². The maximum absolute atomic E-state index is 13.1. The maximum Gasteiger partial charge on any atom is 0.258 e. The summed E-state index contributed by atoms with van der Waals surface area (Å²) in [4.78, 5) is 14.3. The van der Waals surface area contributed by atoms with E-state index in [4.69, 9.17) is 0 Å². The smallest absolute Gasteiger partial charge is 0.258 e. The number of amides is 1. The van der Waals surface area contributed by atoms with Crippen molar-refractivity contribution in [2.75, 3.05) is 10.7 Å². The van der Waals surface area contributed by atoms with Crippen LogP contribution in [0.4, 0.5) is 10.1 Å². The minimum absolute atomic E-state index is 0.171. The first-order chi connectivity index (χ1) is 11.4. The third-order valence-electron chi connectivity index (χ3n) is 3.66. The van der Waals surface area contributed by atoms with E-state index in [0.29, 0.717) is 5.69 Å². The molecule has 0 spiro atoms. The molecule has 2 aromatic rings. The van der Waals surface area contributed by atoms with Crippen LogP contribution in [0.15, 0.2) is 64.5 Å². The third kappa shape index (κ3) is 3.57. The van der Waals surface area contributed by atoms with Gasteiger partial charge in [0, 0.05) is 21.1 Å². The Balaban J connectivity index is 2.01. The number of rotatable bonds is 3. The highest BCUT2D eigenvalue weighted by Crippen LogP contribution is 2.26. The van der Waals surface area contributed by atoms with Crippen molar-refractivity contribution in [3.63, 3.8) is 0 Å². The number of carbonyl (C=O) groups excluding carboxylic acids is 1. The fourth-order valence-corrected chi connectivity index (χ4v) is 4.05. The summed E-state index contributed by atoms with van der Waals surface area (Å²) < 4.78 is 37.4. The van der Waals surface area contributed by atoms with Crippen LogP contribution >= 0.6 is 15.9 Å². The number of anilines is 1. The summed E-state index contributed by atoms with van der Waals surface area (Å²) in [5.41, 5.74) is 0.858.